The Hall–Kier alpha value is -2.89. The lowest BCUT2D eigenvalue weighted by Gasteiger charge is -2.11. The molecule has 0 unspecified atom stereocenters. The molecule has 0 aliphatic carbocycles. The van der Waals surface area contributed by atoms with Crippen molar-refractivity contribution in [3.05, 3.63) is 46.8 Å². The fraction of sp³-hybridized carbons (Fsp3) is 0.188. The van der Waals surface area contributed by atoms with Crippen LogP contribution in [0.3, 0.4) is 0 Å². The third-order valence-electron chi connectivity index (χ3n) is 2.75. The molecule has 0 aliphatic rings. The molecule has 2 aromatic rings. The smallest absolute Gasteiger partial charge is 0.338 e. The molecule has 6 heteroatoms. The van der Waals surface area contributed by atoms with Gasteiger partial charge in [-0.3, -0.25) is 4.79 Å². The van der Waals surface area contributed by atoms with Gasteiger partial charge in [0.2, 0.25) is 0 Å². The highest BCUT2D eigenvalue weighted by atomic mass is 16.6. The Morgan fingerprint density at radius 3 is 2.50 bits per heavy atom. The second-order valence-corrected chi connectivity index (χ2v) is 4.59. The Kier molecular flexibility index (Phi) is 4.41. The van der Waals surface area contributed by atoms with Crippen molar-refractivity contribution in [2.45, 2.75) is 20.3 Å². The second-order valence-electron chi connectivity index (χ2n) is 4.59. The average molecular weight is 302 g/mol. The van der Waals surface area contributed by atoms with Crippen LogP contribution in [0, 0.1) is 0 Å². The Bertz CT molecular complexity index is 815. The minimum Gasteiger partial charge on any atom is -0.423 e. The average Bonchev–Trinajstić information content (AvgIpc) is 2.47. The van der Waals surface area contributed by atoms with Crippen molar-refractivity contribution in [3.63, 3.8) is 0 Å². The van der Waals surface area contributed by atoms with Gasteiger partial charge in [-0.1, -0.05) is 13.5 Å². The molecule has 0 saturated carbocycles. The Balaban J connectivity index is 2.54. The Morgan fingerprint density at radius 2 is 1.86 bits per heavy atom. The van der Waals surface area contributed by atoms with Gasteiger partial charge >= 0.3 is 17.6 Å². The number of esters is 2. The second kappa shape index (κ2) is 6.26. The van der Waals surface area contributed by atoms with Gasteiger partial charge in [0.25, 0.3) is 0 Å². The van der Waals surface area contributed by atoms with Crippen LogP contribution < -0.4 is 15.1 Å². The molecule has 0 atom stereocenters. The highest BCUT2D eigenvalue weighted by Crippen LogP contribution is 2.33. The molecule has 0 saturated heterocycles. The summed E-state index contributed by atoms with van der Waals surface area (Å²) in [7, 11) is 0. The molecule has 0 radical (unpaired) electrons. The van der Waals surface area contributed by atoms with E-state index in [9.17, 15) is 14.4 Å². The van der Waals surface area contributed by atoms with Crippen LogP contribution in [0.5, 0.6) is 11.5 Å². The third-order valence-corrected chi connectivity index (χ3v) is 2.75. The molecule has 2 rings (SSSR count). The van der Waals surface area contributed by atoms with Crippen LogP contribution in [0.1, 0.15) is 20.3 Å². The van der Waals surface area contributed by atoms with Crippen LogP contribution in [0.2, 0.25) is 0 Å². The lowest BCUT2D eigenvalue weighted by molar-refractivity contribution is -0.135. The van der Waals surface area contributed by atoms with E-state index in [4.69, 9.17) is 13.9 Å². The summed E-state index contributed by atoms with van der Waals surface area (Å²) in [5.41, 5.74) is -0.110. The molecule has 0 spiro atoms. The molecule has 22 heavy (non-hydrogen) atoms. The molecule has 0 fully saturated rings. The summed E-state index contributed by atoms with van der Waals surface area (Å²) < 4.78 is 15.3. The number of ether oxygens (including phenoxy) is 2. The molecule has 1 aromatic carbocycles. The monoisotopic (exact) mass is 302 g/mol. The first kappa shape index (κ1) is 15.5. The van der Waals surface area contributed by atoms with E-state index in [1.807, 2.05) is 0 Å². The predicted octanol–water partition coefficient (Wildman–Crippen LogP) is 2.59. The molecule has 0 N–H and O–H groups in total. The van der Waals surface area contributed by atoms with E-state index >= 15 is 0 Å². The fourth-order valence-electron chi connectivity index (χ4n) is 1.62. The summed E-state index contributed by atoms with van der Waals surface area (Å²) >= 11 is 0. The van der Waals surface area contributed by atoms with Gasteiger partial charge in [-0.25, -0.2) is 9.59 Å². The first-order chi connectivity index (χ1) is 10.4. The SMILES string of the molecule is C=C(C)C(=O)Oc1cc2ccc(=O)oc2cc1OC(=O)CC. The normalized spacial score (nSPS) is 10.3. The minimum atomic E-state index is -0.648. The highest BCUT2D eigenvalue weighted by molar-refractivity contribution is 5.91. The van der Waals surface area contributed by atoms with Gasteiger partial charge in [-0.05, 0) is 19.1 Å². The number of rotatable bonds is 4. The zero-order chi connectivity index (χ0) is 16.3. The molecule has 0 aliphatic heterocycles. The Morgan fingerprint density at radius 1 is 1.18 bits per heavy atom. The lowest BCUT2D eigenvalue weighted by atomic mass is 10.2. The van der Waals surface area contributed by atoms with Crippen molar-refractivity contribution in [2.24, 2.45) is 0 Å². The molecular weight excluding hydrogens is 288 g/mol. The summed E-state index contributed by atoms with van der Waals surface area (Å²) in [5, 5.41) is 0.528. The number of hydrogen-bond acceptors (Lipinski definition) is 6. The zero-order valence-electron chi connectivity index (χ0n) is 12.2. The van der Waals surface area contributed by atoms with Crippen LogP contribution in [0.15, 0.2) is 45.6 Å². The van der Waals surface area contributed by atoms with Crippen LogP contribution >= 0.6 is 0 Å². The van der Waals surface area contributed by atoms with E-state index in [1.165, 1.54) is 31.2 Å². The molecule has 0 amide bonds. The van der Waals surface area contributed by atoms with E-state index in [1.54, 1.807) is 6.92 Å². The molecule has 1 aromatic heterocycles. The van der Waals surface area contributed by atoms with Gasteiger partial charge in [-0.15, -0.1) is 0 Å². The Labute approximate surface area is 125 Å². The maximum atomic E-state index is 11.7. The van der Waals surface area contributed by atoms with E-state index in [0.717, 1.165) is 0 Å². The quantitative estimate of drug-likeness (QED) is 0.373. The molecule has 0 bridgehead atoms. The van der Waals surface area contributed by atoms with E-state index < -0.39 is 17.6 Å². The maximum Gasteiger partial charge on any atom is 0.338 e. The maximum absolute atomic E-state index is 11.7. The van der Waals surface area contributed by atoms with Crippen molar-refractivity contribution in [2.75, 3.05) is 0 Å². The van der Waals surface area contributed by atoms with Crippen LogP contribution in [0.4, 0.5) is 0 Å². The van der Waals surface area contributed by atoms with Gasteiger partial charge < -0.3 is 13.9 Å². The number of hydrogen-bond donors (Lipinski definition) is 0. The van der Waals surface area contributed by atoms with Gasteiger partial charge in [-0.2, -0.15) is 0 Å². The summed E-state index contributed by atoms with van der Waals surface area (Å²) in [4.78, 5) is 34.4. The van der Waals surface area contributed by atoms with Crippen molar-refractivity contribution in [1.29, 1.82) is 0 Å². The van der Waals surface area contributed by atoms with Gasteiger partial charge in [0.15, 0.2) is 11.5 Å². The highest BCUT2D eigenvalue weighted by Gasteiger charge is 2.16. The first-order valence-electron chi connectivity index (χ1n) is 6.57. The van der Waals surface area contributed by atoms with Crippen molar-refractivity contribution >= 4 is 22.9 Å². The van der Waals surface area contributed by atoms with Gasteiger partial charge in [0.05, 0.1) is 0 Å². The summed E-state index contributed by atoms with van der Waals surface area (Å²) in [6.07, 6.45) is 0.143. The summed E-state index contributed by atoms with van der Waals surface area (Å²) in [5.74, 6) is -1.10. The largest absolute Gasteiger partial charge is 0.423 e. The minimum absolute atomic E-state index is 0.00306. The molecule has 114 valence electrons. The van der Waals surface area contributed by atoms with Gasteiger partial charge in [0, 0.05) is 29.5 Å². The van der Waals surface area contributed by atoms with E-state index in [-0.39, 0.29) is 29.1 Å². The number of carbonyl (C=O) groups excluding carboxylic acids is 2. The van der Waals surface area contributed by atoms with E-state index in [0.29, 0.717) is 5.39 Å². The zero-order valence-corrected chi connectivity index (χ0v) is 12.2. The molecule has 1 heterocycles. The number of benzene rings is 1. The third kappa shape index (κ3) is 3.41. The standard InChI is InChI=1S/C16H14O6/c1-4-14(17)21-13-8-11-10(5-6-15(18)20-11)7-12(13)22-16(19)9(2)3/h5-8H,2,4H2,1,3H3. The van der Waals surface area contributed by atoms with Crippen LogP contribution in [0.25, 0.3) is 11.0 Å². The number of fused-ring (bicyclic) bond motifs is 1. The van der Waals surface area contributed by atoms with E-state index in [2.05, 4.69) is 6.58 Å². The lowest BCUT2D eigenvalue weighted by Crippen LogP contribution is -2.12. The van der Waals surface area contributed by atoms with Crippen LogP contribution in [-0.4, -0.2) is 11.9 Å². The van der Waals surface area contributed by atoms with Crippen LogP contribution in [-0.2, 0) is 9.59 Å². The summed E-state index contributed by atoms with van der Waals surface area (Å²) in [6, 6.07) is 5.55. The van der Waals surface area contributed by atoms with Gasteiger partial charge in [0.1, 0.15) is 5.58 Å². The molecule has 6 nitrogen and oxygen atoms in total. The van der Waals surface area contributed by atoms with Crippen molar-refractivity contribution < 1.29 is 23.5 Å². The summed E-state index contributed by atoms with van der Waals surface area (Å²) in [6.45, 7) is 6.62. The fourth-order valence-corrected chi connectivity index (χ4v) is 1.62. The molecular formula is C16H14O6. The van der Waals surface area contributed by atoms with Crippen molar-refractivity contribution in [1.82, 2.24) is 0 Å². The first-order valence-corrected chi connectivity index (χ1v) is 6.57. The number of carbonyl (C=O) groups is 2. The topological polar surface area (TPSA) is 82.8 Å². The van der Waals surface area contributed by atoms with Crippen molar-refractivity contribution in [3.8, 4) is 11.5 Å². The predicted molar refractivity (Wildman–Crippen MR) is 78.9 cm³/mol.